The Bertz CT molecular complexity index is 862. The average molecular weight is 421 g/mol. The highest BCUT2D eigenvalue weighted by atomic mass is 32.2. The molecule has 3 atom stereocenters. The Morgan fingerprint density at radius 2 is 1.93 bits per heavy atom. The molecule has 3 aliphatic heterocycles. The molecular formula is C20H20O6S2. The maximum atomic E-state index is 12.6. The lowest BCUT2D eigenvalue weighted by molar-refractivity contribution is -0.144. The molecule has 148 valence electrons. The molecule has 1 aromatic carbocycles. The van der Waals surface area contributed by atoms with Gasteiger partial charge >= 0.3 is 5.97 Å². The molecular weight excluding hydrogens is 400 g/mol. The number of carbonyl (C=O) groups excluding carboxylic acids is 1. The van der Waals surface area contributed by atoms with Gasteiger partial charge in [-0.1, -0.05) is 6.07 Å². The molecule has 0 amide bonds. The van der Waals surface area contributed by atoms with Crippen LogP contribution in [0.1, 0.15) is 23.8 Å². The third-order valence-corrected chi connectivity index (χ3v) is 9.10. The predicted octanol–water partition coefficient (Wildman–Crippen LogP) is 3.55. The maximum absolute atomic E-state index is 12.6. The molecule has 2 fully saturated rings. The molecule has 0 saturated carbocycles. The van der Waals surface area contributed by atoms with Gasteiger partial charge in [-0.25, -0.2) is 0 Å². The number of benzene rings is 1. The van der Waals surface area contributed by atoms with Crippen molar-refractivity contribution in [3.8, 4) is 11.5 Å². The summed E-state index contributed by atoms with van der Waals surface area (Å²) in [6.45, 7) is 0.493. The molecule has 0 radical (unpaired) electrons. The van der Waals surface area contributed by atoms with Gasteiger partial charge in [0.1, 0.15) is 11.9 Å². The van der Waals surface area contributed by atoms with Crippen molar-refractivity contribution in [1.82, 2.24) is 0 Å². The van der Waals surface area contributed by atoms with Crippen molar-refractivity contribution < 1.29 is 28.5 Å². The van der Waals surface area contributed by atoms with Crippen molar-refractivity contribution in [2.24, 2.45) is 11.8 Å². The summed E-state index contributed by atoms with van der Waals surface area (Å²) in [5, 5.41) is 10.9. The van der Waals surface area contributed by atoms with Crippen molar-refractivity contribution in [3.05, 3.63) is 47.9 Å². The SMILES string of the molecule is O=C1OC[C@@H](C2(c3ccc4c(c3)OCO4)SCCCS2)[C@@H]1[C@H](O)c1ccco1. The molecule has 5 rings (SSSR count). The highest BCUT2D eigenvalue weighted by Gasteiger charge is 2.56. The number of aliphatic hydroxyl groups excluding tert-OH is 1. The van der Waals surface area contributed by atoms with Crippen LogP contribution in [0.15, 0.2) is 41.0 Å². The van der Waals surface area contributed by atoms with Crippen LogP contribution in [-0.2, 0) is 13.6 Å². The van der Waals surface area contributed by atoms with Gasteiger partial charge in [0, 0.05) is 5.92 Å². The minimum atomic E-state index is -1.04. The van der Waals surface area contributed by atoms with Gasteiger partial charge in [0.05, 0.1) is 22.9 Å². The molecule has 0 unspecified atom stereocenters. The topological polar surface area (TPSA) is 78.1 Å². The Hall–Kier alpha value is -1.77. The third-order valence-electron chi connectivity index (χ3n) is 5.47. The first kappa shape index (κ1) is 18.3. The zero-order valence-corrected chi connectivity index (χ0v) is 16.7. The lowest BCUT2D eigenvalue weighted by Crippen LogP contribution is -2.39. The van der Waals surface area contributed by atoms with Crippen molar-refractivity contribution in [2.75, 3.05) is 24.9 Å². The van der Waals surface area contributed by atoms with E-state index in [9.17, 15) is 9.90 Å². The van der Waals surface area contributed by atoms with E-state index in [1.165, 1.54) is 6.26 Å². The number of aliphatic hydroxyl groups is 1. The maximum Gasteiger partial charge on any atom is 0.312 e. The normalized spacial score (nSPS) is 26.8. The van der Waals surface area contributed by atoms with Crippen LogP contribution < -0.4 is 9.47 Å². The molecule has 1 aromatic heterocycles. The Balaban J connectivity index is 1.56. The fraction of sp³-hybridized carbons (Fsp3) is 0.450. The zero-order valence-electron chi connectivity index (χ0n) is 15.0. The molecule has 8 heteroatoms. The molecule has 3 aliphatic rings. The van der Waals surface area contributed by atoms with Gasteiger partial charge in [0.2, 0.25) is 6.79 Å². The quantitative estimate of drug-likeness (QED) is 0.753. The second-order valence-electron chi connectivity index (χ2n) is 7.01. The standard InChI is InChI=1S/C20H20O6S2/c21-18(15-3-1-6-23-15)17-13(10-24-19(17)22)20(27-7-2-8-28-20)12-4-5-14-16(9-12)26-11-25-14/h1,3-6,9,13,17-18,21H,2,7-8,10-11H2/t13-,17-,18-/m1/s1. The van der Waals surface area contributed by atoms with Crippen LogP contribution in [0.4, 0.5) is 0 Å². The van der Waals surface area contributed by atoms with Crippen molar-refractivity contribution in [2.45, 2.75) is 16.6 Å². The Kier molecular flexibility index (Phi) is 4.72. The zero-order chi connectivity index (χ0) is 19.1. The van der Waals surface area contributed by atoms with E-state index in [1.54, 1.807) is 12.1 Å². The highest BCUT2D eigenvalue weighted by Crippen LogP contribution is 2.60. The summed E-state index contributed by atoms with van der Waals surface area (Å²) in [6, 6.07) is 9.38. The van der Waals surface area contributed by atoms with Gasteiger partial charge in [-0.05, 0) is 47.8 Å². The largest absolute Gasteiger partial charge is 0.467 e. The Morgan fingerprint density at radius 1 is 1.11 bits per heavy atom. The summed E-state index contributed by atoms with van der Waals surface area (Å²) < 4.78 is 21.5. The number of hydrogen-bond acceptors (Lipinski definition) is 8. The van der Waals surface area contributed by atoms with Crippen molar-refractivity contribution in [1.29, 1.82) is 0 Å². The van der Waals surface area contributed by atoms with Crippen LogP contribution >= 0.6 is 23.5 Å². The number of furan rings is 1. The van der Waals surface area contributed by atoms with Gasteiger partial charge in [0.15, 0.2) is 11.5 Å². The first-order valence-electron chi connectivity index (χ1n) is 9.25. The number of cyclic esters (lactones) is 1. The molecule has 4 heterocycles. The first-order chi connectivity index (χ1) is 13.7. The summed E-state index contributed by atoms with van der Waals surface area (Å²) in [7, 11) is 0. The van der Waals surface area contributed by atoms with Crippen LogP contribution in [0.3, 0.4) is 0 Å². The first-order valence-corrected chi connectivity index (χ1v) is 11.2. The van der Waals surface area contributed by atoms with Crippen LogP contribution in [-0.4, -0.2) is 36.0 Å². The Morgan fingerprint density at radius 3 is 2.71 bits per heavy atom. The minimum Gasteiger partial charge on any atom is -0.467 e. The van der Waals surface area contributed by atoms with Crippen LogP contribution in [0, 0.1) is 11.8 Å². The van der Waals surface area contributed by atoms with Gasteiger partial charge in [0.25, 0.3) is 0 Å². The molecule has 0 spiro atoms. The van der Waals surface area contributed by atoms with Gasteiger partial charge in [-0.15, -0.1) is 23.5 Å². The molecule has 0 aliphatic carbocycles. The van der Waals surface area contributed by atoms with E-state index in [0.717, 1.165) is 35.0 Å². The smallest absolute Gasteiger partial charge is 0.312 e. The van der Waals surface area contributed by atoms with Gasteiger partial charge < -0.3 is 23.7 Å². The lowest BCUT2D eigenvalue weighted by atomic mass is 9.83. The lowest BCUT2D eigenvalue weighted by Gasteiger charge is -2.42. The van der Waals surface area contributed by atoms with E-state index in [1.807, 2.05) is 41.7 Å². The molecule has 2 aromatic rings. The fourth-order valence-corrected chi connectivity index (χ4v) is 7.77. The van der Waals surface area contributed by atoms with Crippen LogP contribution in [0.25, 0.3) is 0 Å². The summed E-state index contributed by atoms with van der Waals surface area (Å²) in [5.41, 5.74) is 1.06. The monoisotopic (exact) mass is 420 g/mol. The molecule has 2 saturated heterocycles. The number of thioether (sulfide) groups is 2. The van der Waals surface area contributed by atoms with E-state index in [2.05, 4.69) is 0 Å². The average Bonchev–Trinajstić information content (AvgIpc) is 3.48. The van der Waals surface area contributed by atoms with Crippen molar-refractivity contribution >= 4 is 29.5 Å². The summed E-state index contributed by atoms with van der Waals surface area (Å²) in [5.74, 6) is 2.55. The second kappa shape index (κ2) is 7.24. The third kappa shape index (κ3) is 2.89. The number of ether oxygens (including phenoxy) is 3. The second-order valence-corrected chi connectivity index (χ2v) is 9.95. The van der Waals surface area contributed by atoms with E-state index in [4.69, 9.17) is 18.6 Å². The van der Waals surface area contributed by atoms with Crippen LogP contribution in [0.2, 0.25) is 0 Å². The summed E-state index contributed by atoms with van der Waals surface area (Å²) >= 11 is 3.64. The highest BCUT2D eigenvalue weighted by molar-refractivity contribution is 8.18. The predicted molar refractivity (Wildman–Crippen MR) is 105 cm³/mol. The molecule has 6 nitrogen and oxygen atoms in total. The van der Waals surface area contributed by atoms with Gasteiger partial charge in [-0.3, -0.25) is 4.79 Å². The summed E-state index contributed by atoms with van der Waals surface area (Å²) in [6.07, 6.45) is 1.57. The molecule has 1 N–H and O–H groups in total. The van der Waals surface area contributed by atoms with E-state index < -0.39 is 16.1 Å². The molecule has 28 heavy (non-hydrogen) atoms. The summed E-state index contributed by atoms with van der Waals surface area (Å²) in [4.78, 5) is 12.6. The van der Waals surface area contributed by atoms with Crippen LogP contribution in [0.5, 0.6) is 11.5 Å². The molecule has 0 bridgehead atoms. The number of hydrogen-bond donors (Lipinski definition) is 1. The number of fused-ring (bicyclic) bond motifs is 1. The minimum absolute atomic E-state index is 0.198. The number of rotatable bonds is 4. The number of carbonyl (C=O) groups is 1. The Labute approximate surface area is 170 Å². The van der Waals surface area contributed by atoms with Crippen molar-refractivity contribution in [3.63, 3.8) is 0 Å². The van der Waals surface area contributed by atoms with E-state index in [0.29, 0.717) is 5.76 Å². The number of esters is 1. The van der Waals surface area contributed by atoms with Gasteiger partial charge in [-0.2, -0.15) is 0 Å². The van der Waals surface area contributed by atoms with E-state index >= 15 is 0 Å². The fourth-order valence-electron chi connectivity index (χ4n) is 4.12. The van der Waals surface area contributed by atoms with E-state index in [-0.39, 0.29) is 25.3 Å².